The zero-order chi connectivity index (χ0) is 11.1. The van der Waals surface area contributed by atoms with E-state index in [9.17, 15) is 4.39 Å². The van der Waals surface area contributed by atoms with Crippen LogP contribution in [0.5, 0.6) is 0 Å². The molecule has 2 rings (SSSR count). The van der Waals surface area contributed by atoms with Crippen molar-refractivity contribution >= 4 is 0 Å². The summed E-state index contributed by atoms with van der Waals surface area (Å²) in [4.78, 5) is 3.86. The van der Waals surface area contributed by atoms with Crippen LogP contribution in [-0.4, -0.2) is 4.98 Å². The number of nitrogens with two attached hydrogens (primary N) is 1. The third kappa shape index (κ3) is 1.17. The first-order valence-corrected chi connectivity index (χ1v) is 4.84. The van der Waals surface area contributed by atoms with Crippen LogP contribution in [-0.2, 0) is 5.54 Å². The van der Waals surface area contributed by atoms with Crippen molar-refractivity contribution in [1.29, 1.82) is 5.26 Å². The number of rotatable bonds is 1. The second-order valence-corrected chi connectivity index (χ2v) is 4.27. The first-order chi connectivity index (χ1) is 7.03. The molecule has 0 saturated heterocycles. The minimum Gasteiger partial charge on any atom is -0.320 e. The number of nitrogens with zero attached hydrogens (tertiary/aromatic N) is 2. The Kier molecular flexibility index (Phi) is 2.02. The van der Waals surface area contributed by atoms with Gasteiger partial charge in [0.05, 0.1) is 17.0 Å². The van der Waals surface area contributed by atoms with Gasteiger partial charge in [-0.25, -0.2) is 4.39 Å². The van der Waals surface area contributed by atoms with Gasteiger partial charge < -0.3 is 5.73 Å². The van der Waals surface area contributed by atoms with Gasteiger partial charge in [0.1, 0.15) is 5.82 Å². The van der Waals surface area contributed by atoms with Gasteiger partial charge in [-0.3, -0.25) is 4.98 Å². The molecule has 0 bridgehead atoms. The molecule has 2 unspecified atom stereocenters. The number of aromatic nitrogens is 1. The number of pyridine rings is 1. The summed E-state index contributed by atoms with van der Waals surface area (Å²) in [6, 6.07) is 3.45. The Morgan fingerprint density at radius 3 is 2.80 bits per heavy atom. The maximum Gasteiger partial charge on any atom is 0.131 e. The summed E-state index contributed by atoms with van der Waals surface area (Å²) >= 11 is 0. The van der Waals surface area contributed by atoms with Gasteiger partial charge in [-0.05, 0) is 25.8 Å². The quantitative estimate of drug-likeness (QED) is 0.759. The van der Waals surface area contributed by atoms with Crippen molar-refractivity contribution in [1.82, 2.24) is 4.98 Å². The third-order valence-electron chi connectivity index (χ3n) is 3.50. The maximum atomic E-state index is 13.6. The highest BCUT2D eigenvalue weighted by Gasteiger charge is 2.56. The van der Waals surface area contributed by atoms with Crippen molar-refractivity contribution in [3.63, 3.8) is 0 Å². The summed E-state index contributed by atoms with van der Waals surface area (Å²) in [5.41, 5.74) is 4.89. The Labute approximate surface area is 87.7 Å². The summed E-state index contributed by atoms with van der Waals surface area (Å²) in [5, 5.41) is 9.06. The molecule has 1 aliphatic rings. The summed E-state index contributed by atoms with van der Waals surface area (Å²) in [6.45, 7) is 1.77. The van der Waals surface area contributed by atoms with Crippen LogP contribution < -0.4 is 5.73 Å². The molecule has 0 amide bonds. The minimum atomic E-state index is -0.889. The molecular weight excluding hydrogens is 193 g/mol. The predicted octanol–water partition coefficient (Wildman–Crippen LogP) is 1.70. The van der Waals surface area contributed by atoms with Crippen molar-refractivity contribution in [2.45, 2.75) is 25.3 Å². The van der Waals surface area contributed by atoms with Crippen molar-refractivity contribution in [3.05, 3.63) is 29.8 Å². The van der Waals surface area contributed by atoms with Crippen LogP contribution in [0.4, 0.5) is 4.39 Å². The SMILES string of the molecule is CC1(C#N)CCC1(N)c1cnccc1F. The Hall–Kier alpha value is -1.47. The van der Waals surface area contributed by atoms with Crippen LogP contribution in [0.2, 0.25) is 0 Å². The third-order valence-corrected chi connectivity index (χ3v) is 3.50. The van der Waals surface area contributed by atoms with Gasteiger partial charge in [0.15, 0.2) is 0 Å². The first kappa shape index (κ1) is 10.1. The Morgan fingerprint density at radius 2 is 2.33 bits per heavy atom. The van der Waals surface area contributed by atoms with Crippen molar-refractivity contribution in [2.75, 3.05) is 0 Å². The van der Waals surface area contributed by atoms with Crippen LogP contribution in [0.15, 0.2) is 18.5 Å². The second-order valence-electron chi connectivity index (χ2n) is 4.27. The number of nitriles is 1. The van der Waals surface area contributed by atoms with Gasteiger partial charge in [0, 0.05) is 18.0 Å². The fourth-order valence-electron chi connectivity index (χ4n) is 2.06. The summed E-state index contributed by atoms with van der Waals surface area (Å²) in [6.07, 6.45) is 4.13. The number of halogens is 1. The van der Waals surface area contributed by atoms with Crippen LogP contribution >= 0.6 is 0 Å². The van der Waals surface area contributed by atoms with Gasteiger partial charge in [-0.2, -0.15) is 5.26 Å². The van der Waals surface area contributed by atoms with Crippen LogP contribution in [0.3, 0.4) is 0 Å². The minimum absolute atomic E-state index is 0.348. The van der Waals surface area contributed by atoms with E-state index in [-0.39, 0.29) is 5.82 Å². The van der Waals surface area contributed by atoms with Crippen molar-refractivity contribution < 1.29 is 4.39 Å². The van der Waals surface area contributed by atoms with Crippen molar-refractivity contribution in [3.8, 4) is 6.07 Å². The molecular formula is C11H12FN3. The maximum absolute atomic E-state index is 13.6. The smallest absolute Gasteiger partial charge is 0.131 e. The number of hydrogen-bond acceptors (Lipinski definition) is 3. The summed E-state index contributed by atoms with van der Waals surface area (Å²) in [7, 11) is 0. The highest BCUT2D eigenvalue weighted by molar-refractivity contribution is 5.33. The first-order valence-electron chi connectivity index (χ1n) is 4.84. The van der Waals surface area contributed by atoms with E-state index in [4.69, 9.17) is 11.0 Å². The highest BCUT2D eigenvalue weighted by Crippen LogP contribution is 2.54. The molecule has 0 radical (unpaired) electrons. The van der Waals surface area contributed by atoms with Gasteiger partial charge in [0.25, 0.3) is 0 Å². The zero-order valence-electron chi connectivity index (χ0n) is 8.50. The highest BCUT2D eigenvalue weighted by atomic mass is 19.1. The zero-order valence-corrected chi connectivity index (χ0v) is 8.50. The standard InChI is InChI=1S/C11H12FN3/c1-10(7-13)3-4-11(10,14)8-6-15-5-2-9(8)12/h2,5-6H,3-4,14H2,1H3. The lowest BCUT2D eigenvalue weighted by molar-refractivity contribution is 0.0664. The molecule has 0 aromatic carbocycles. The van der Waals surface area contributed by atoms with Crippen LogP contribution in [0.1, 0.15) is 25.3 Å². The predicted molar refractivity (Wildman–Crippen MR) is 53.0 cm³/mol. The Bertz CT molecular complexity index is 440. The van der Waals surface area contributed by atoms with Gasteiger partial charge in [-0.1, -0.05) is 0 Å². The molecule has 1 aliphatic carbocycles. The molecule has 0 spiro atoms. The molecule has 1 aromatic rings. The van der Waals surface area contributed by atoms with Crippen LogP contribution in [0, 0.1) is 22.6 Å². The Balaban J connectivity index is 2.49. The molecule has 4 heteroatoms. The van der Waals surface area contributed by atoms with E-state index < -0.39 is 11.0 Å². The topological polar surface area (TPSA) is 62.7 Å². The van der Waals surface area contributed by atoms with Crippen LogP contribution in [0.25, 0.3) is 0 Å². The average Bonchev–Trinajstić information content (AvgIpc) is 2.26. The number of hydrogen-bond donors (Lipinski definition) is 1. The van der Waals surface area contributed by atoms with E-state index in [0.29, 0.717) is 18.4 Å². The van der Waals surface area contributed by atoms with E-state index in [2.05, 4.69) is 11.1 Å². The normalized spacial score (nSPS) is 34.3. The summed E-state index contributed by atoms with van der Waals surface area (Å²) < 4.78 is 13.6. The molecule has 15 heavy (non-hydrogen) atoms. The van der Waals surface area contributed by atoms with E-state index in [0.717, 1.165) is 0 Å². The van der Waals surface area contributed by atoms with Gasteiger partial charge in [-0.15, -0.1) is 0 Å². The van der Waals surface area contributed by atoms with E-state index in [1.807, 2.05) is 0 Å². The molecule has 1 saturated carbocycles. The van der Waals surface area contributed by atoms with E-state index in [1.165, 1.54) is 18.5 Å². The van der Waals surface area contributed by atoms with Gasteiger partial charge >= 0.3 is 0 Å². The molecule has 3 nitrogen and oxygen atoms in total. The largest absolute Gasteiger partial charge is 0.320 e. The lowest BCUT2D eigenvalue weighted by atomic mass is 9.54. The molecule has 1 fully saturated rings. The Morgan fingerprint density at radius 1 is 1.60 bits per heavy atom. The second kappa shape index (κ2) is 3.01. The summed E-state index contributed by atoms with van der Waals surface area (Å²) in [5.74, 6) is -0.381. The monoisotopic (exact) mass is 205 g/mol. The molecule has 2 atom stereocenters. The molecule has 1 heterocycles. The molecule has 2 N–H and O–H groups in total. The average molecular weight is 205 g/mol. The lowest BCUT2D eigenvalue weighted by Crippen LogP contribution is -2.59. The molecule has 78 valence electrons. The van der Waals surface area contributed by atoms with E-state index in [1.54, 1.807) is 6.92 Å². The van der Waals surface area contributed by atoms with Gasteiger partial charge in [0.2, 0.25) is 0 Å². The molecule has 0 aliphatic heterocycles. The fourth-order valence-corrected chi connectivity index (χ4v) is 2.06. The van der Waals surface area contributed by atoms with Crippen molar-refractivity contribution in [2.24, 2.45) is 11.1 Å². The lowest BCUT2D eigenvalue weighted by Gasteiger charge is -2.51. The fraction of sp³-hybridized carbons (Fsp3) is 0.455. The molecule has 1 aromatic heterocycles. The van der Waals surface area contributed by atoms with E-state index >= 15 is 0 Å².